The van der Waals surface area contributed by atoms with Crippen LogP contribution >= 0.6 is 11.3 Å². The summed E-state index contributed by atoms with van der Waals surface area (Å²) in [7, 11) is 1.55. The van der Waals surface area contributed by atoms with Crippen molar-refractivity contribution >= 4 is 27.5 Å². The van der Waals surface area contributed by atoms with Crippen LogP contribution in [0.1, 0.15) is 5.56 Å². The van der Waals surface area contributed by atoms with Gasteiger partial charge in [-0.15, -0.1) is 0 Å². The summed E-state index contributed by atoms with van der Waals surface area (Å²) in [4.78, 5) is 26.7. The molecule has 0 saturated heterocycles. The van der Waals surface area contributed by atoms with E-state index in [2.05, 4.69) is 4.98 Å². The van der Waals surface area contributed by atoms with Crippen LogP contribution in [0.3, 0.4) is 0 Å². The lowest BCUT2D eigenvalue weighted by Crippen LogP contribution is -2.35. The van der Waals surface area contributed by atoms with E-state index in [9.17, 15) is 14.9 Å². The van der Waals surface area contributed by atoms with E-state index in [1.54, 1.807) is 31.4 Å². The molecule has 110 valence electrons. The Labute approximate surface area is 123 Å². The number of nitrogens with zero attached hydrogens (tertiary/aromatic N) is 3. The van der Waals surface area contributed by atoms with E-state index in [4.69, 9.17) is 10.5 Å². The van der Waals surface area contributed by atoms with Gasteiger partial charge in [-0.3, -0.25) is 15.0 Å². The van der Waals surface area contributed by atoms with Gasteiger partial charge in [0.2, 0.25) is 0 Å². The van der Waals surface area contributed by atoms with Crippen LogP contribution in [-0.2, 0) is 6.54 Å². The van der Waals surface area contributed by atoms with Crippen LogP contribution < -0.4 is 15.4 Å². The lowest BCUT2D eigenvalue weighted by atomic mass is 10.2. The number of rotatable bonds is 5. The molecule has 0 atom stereocenters. The number of primary amides is 1. The molecule has 1 heterocycles. The highest BCUT2D eigenvalue weighted by atomic mass is 32.1. The molecule has 21 heavy (non-hydrogen) atoms. The summed E-state index contributed by atoms with van der Waals surface area (Å²) >= 11 is 0.795. The lowest BCUT2D eigenvalue weighted by molar-refractivity contribution is -0.380. The Morgan fingerprint density at radius 3 is 2.62 bits per heavy atom. The molecule has 0 saturated carbocycles. The third kappa shape index (κ3) is 3.45. The highest BCUT2D eigenvalue weighted by Gasteiger charge is 2.20. The van der Waals surface area contributed by atoms with Gasteiger partial charge in [0.05, 0.1) is 18.6 Å². The summed E-state index contributed by atoms with van der Waals surface area (Å²) < 4.78 is 5.05. The summed E-state index contributed by atoms with van der Waals surface area (Å²) in [5.41, 5.74) is 6.12. The number of methoxy groups -OCH3 is 1. The molecular weight excluding hydrogens is 296 g/mol. The summed E-state index contributed by atoms with van der Waals surface area (Å²) in [6, 6.07) is 6.32. The van der Waals surface area contributed by atoms with Crippen molar-refractivity contribution in [3.8, 4) is 5.75 Å². The molecule has 0 aliphatic heterocycles. The smallest absolute Gasteiger partial charge is 0.345 e. The van der Waals surface area contributed by atoms with Crippen molar-refractivity contribution in [1.82, 2.24) is 4.98 Å². The average molecular weight is 308 g/mol. The van der Waals surface area contributed by atoms with Crippen molar-refractivity contribution in [2.24, 2.45) is 5.73 Å². The Hall–Kier alpha value is -2.68. The second kappa shape index (κ2) is 6.18. The fourth-order valence-electron chi connectivity index (χ4n) is 1.62. The van der Waals surface area contributed by atoms with Gasteiger partial charge < -0.3 is 10.5 Å². The first-order valence-corrected chi connectivity index (χ1v) is 6.63. The average Bonchev–Trinajstić information content (AvgIpc) is 2.94. The number of nitrogens with two attached hydrogens (primary N) is 1. The number of aromatic nitrogens is 1. The SMILES string of the molecule is COc1ccc(CN(C(N)=O)c2ncc([N+](=O)[O-])s2)cc1. The van der Waals surface area contributed by atoms with Gasteiger partial charge in [-0.2, -0.15) is 0 Å². The molecule has 9 heteroatoms. The lowest BCUT2D eigenvalue weighted by Gasteiger charge is -2.17. The number of carbonyl (C=O) groups is 1. The molecule has 1 aromatic heterocycles. The Morgan fingerprint density at radius 2 is 2.14 bits per heavy atom. The maximum atomic E-state index is 11.5. The van der Waals surface area contributed by atoms with Gasteiger partial charge in [0, 0.05) is 0 Å². The summed E-state index contributed by atoms with van der Waals surface area (Å²) in [5, 5.41) is 10.7. The molecule has 8 nitrogen and oxygen atoms in total. The van der Waals surface area contributed by atoms with Gasteiger partial charge >= 0.3 is 11.0 Å². The third-order valence-electron chi connectivity index (χ3n) is 2.66. The molecule has 2 amide bonds. The Bertz CT molecular complexity index is 656. The zero-order valence-electron chi connectivity index (χ0n) is 11.1. The Kier molecular flexibility index (Phi) is 4.33. The number of nitro groups is 1. The van der Waals surface area contributed by atoms with Crippen LogP contribution in [0.2, 0.25) is 0 Å². The van der Waals surface area contributed by atoms with Gasteiger partial charge in [0.25, 0.3) is 0 Å². The number of benzene rings is 1. The van der Waals surface area contributed by atoms with Crippen molar-refractivity contribution < 1.29 is 14.5 Å². The molecule has 0 aliphatic rings. The molecule has 0 spiro atoms. The first kappa shape index (κ1) is 14.7. The standard InChI is InChI=1S/C12H12N4O4S/c1-20-9-4-2-8(3-5-9)7-15(11(13)17)12-14-6-10(21-12)16(18)19/h2-6H,7H2,1H3,(H2,13,17). The number of carbonyl (C=O) groups excluding carboxylic acids is 1. The number of anilines is 1. The number of amides is 2. The van der Waals surface area contributed by atoms with Gasteiger partial charge in [0.15, 0.2) is 5.13 Å². The largest absolute Gasteiger partial charge is 0.497 e. The molecule has 0 bridgehead atoms. The van der Waals surface area contributed by atoms with E-state index in [1.165, 1.54) is 4.90 Å². The second-order valence-electron chi connectivity index (χ2n) is 4.01. The van der Waals surface area contributed by atoms with Crippen molar-refractivity contribution in [1.29, 1.82) is 0 Å². The minimum atomic E-state index is -0.727. The zero-order chi connectivity index (χ0) is 15.4. The van der Waals surface area contributed by atoms with Gasteiger partial charge in [0.1, 0.15) is 11.9 Å². The Balaban J connectivity index is 2.21. The van der Waals surface area contributed by atoms with Crippen LogP contribution in [0.4, 0.5) is 14.9 Å². The van der Waals surface area contributed by atoms with Crippen LogP contribution in [-0.4, -0.2) is 23.0 Å². The number of ether oxygens (including phenoxy) is 1. The topological polar surface area (TPSA) is 112 Å². The maximum Gasteiger partial charge on any atom is 0.345 e. The molecule has 2 rings (SSSR count). The number of thiazole rings is 1. The van der Waals surface area contributed by atoms with E-state index in [0.29, 0.717) is 5.75 Å². The van der Waals surface area contributed by atoms with Gasteiger partial charge in [-0.05, 0) is 29.0 Å². The van der Waals surface area contributed by atoms with E-state index >= 15 is 0 Å². The first-order chi connectivity index (χ1) is 10.0. The van der Waals surface area contributed by atoms with E-state index < -0.39 is 11.0 Å². The van der Waals surface area contributed by atoms with Crippen LogP contribution in [0.15, 0.2) is 30.5 Å². The van der Waals surface area contributed by atoms with Gasteiger partial charge in [-0.25, -0.2) is 9.78 Å². The molecule has 0 radical (unpaired) electrons. The predicted molar refractivity (Wildman–Crippen MR) is 77.5 cm³/mol. The Morgan fingerprint density at radius 1 is 1.48 bits per heavy atom. The number of urea groups is 1. The van der Waals surface area contributed by atoms with Crippen LogP contribution in [0, 0.1) is 10.1 Å². The number of hydrogen-bond donors (Lipinski definition) is 1. The highest BCUT2D eigenvalue weighted by molar-refractivity contribution is 7.18. The molecule has 0 fully saturated rings. The van der Waals surface area contributed by atoms with Crippen molar-refractivity contribution in [2.75, 3.05) is 12.0 Å². The first-order valence-electron chi connectivity index (χ1n) is 5.81. The zero-order valence-corrected chi connectivity index (χ0v) is 11.9. The normalized spacial score (nSPS) is 10.1. The minimum Gasteiger partial charge on any atom is -0.497 e. The number of hydrogen-bond acceptors (Lipinski definition) is 6. The quantitative estimate of drug-likeness (QED) is 0.671. The van der Waals surface area contributed by atoms with Crippen molar-refractivity contribution in [2.45, 2.75) is 6.54 Å². The van der Waals surface area contributed by atoms with Crippen molar-refractivity contribution in [3.05, 3.63) is 46.1 Å². The van der Waals surface area contributed by atoms with Crippen LogP contribution in [0.5, 0.6) is 5.75 Å². The van der Waals surface area contributed by atoms with E-state index in [0.717, 1.165) is 23.1 Å². The van der Waals surface area contributed by atoms with Crippen molar-refractivity contribution in [3.63, 3.8) is 0 Å². The molecule has 2 aromatic rings. The minimum absolute atomic E-state index is 0.147. The molecule has 2 N–H and O–H groups in total. The fourth-order valence-corrected chi connectivity index (χ4v) is 2.36. The predicted octanol–water partition coefficient (Wildman–Crippen LogP) is 2.15. The monoisotopic (exact) mass is 308 g/mol. The summed E-state index contributed by atoms with van der Waals surface area (Å²) in [6.45, 7) is 0.171. The van der Waals surface area contributed by atoms with E-state index in [-0.39, 0.29) is 16.7 Å². The van der Waals surface area contributed by atoms with E-state index in [1.807, 2.05) is 0 Å². The highest BCUT2D eigenvalue weighted by Crippen LogP contribution is 2.29. The molecular formula is C12H12N4O4S. The molecule has 0 unspecified atom stereocenters. The summed E-state index contributed by atoms with van der Waals surface area (Å²) in [5.74, 6) is 0.689. The fraction of sp³-hybridized carbons (Fsp3) is 0.167. The summed E-state index contributed by atoms with van der Waals surface area (Å²) in [6.07, 6.45) is 1.10. The van der Waals surface area contributed by atoms with Crippen LogP contribution in [0.25, 0.3) is 0 Å². The third-order valence-corrected chi connectivity index (χ3v) is 3.63. The molecule has 0 aliphatic carbocycles. The molecule has 1 aromatic carbocycles. The second-order valence-corrected chi connectivity index (χ2v) is 5.00. The van der Waals surface area contributed by atoms with Gasteiger partial charge in [-0.1, -0.05) is 12.1 Å². The maximum absolute atomic E-state index is 11.5.